The Morgan fingerprint density at radius 2 is 1.85 bits per heavy atom. The minimum Gasteiger partial charge on any atom is -0.352 e. The molecule has 1 saturated carbocycles. The van der Waals surface area contributed by atoms with E-state index in [4.69, 9.17) is 5.73 Å². The lowest BCUT2D eigenvalue weighted by atomic mass is 9.92. The van der Waals surface area contributed by atoms with E-state index >= 15 is 0 Å². The fourth-order valence-corrected chi connectivity index (χ4v) is 3.74. The third kappa shape index (κ3) is 2.80. The molecule has 0 aromatic carbocycles. The molecular weight excluding hydrogens is 248 g/mol. The molecule has 2 aliphatic rings. The summed E-state index contributed by atoms with van der Waals surface area (Å²) in [7, 11) is 0. The molecule has 110 valence electrons. The van der Waals surface area contributed by atoms with Gasteiger partial charge in [0.15, 0.2) is 0 Å². The Morgan fingerprint density at radius 3 is 2.65 bits per heavy atom. The Hall–Kier alpha value is -1.16. The van der Waals surface area contributed by atoms with E-state index in [1.165, 1.54) is 62.0 Å². The Balaban J connectivity index is 1.90. The molecule has 0 spiro atoms. The summed E-state index contributed by atoms with van der Waals surface area (Å²) < 4.78 is 0. The molecule has 1 aromatic heterocycles. The topological polar surface area (TPSA) is 55.0 Å². The van der Waals surface area contributed by atoms with Gasteiger partial charge in [-0.15, -0.1) is 0 Å². The molecule has 3 rings (SSSR count). The van der Waals surface area contributed by atoms with Gasteiger partial charge in [-0.2, -0.15) is 0 Å². The number of aryl methyl sites for hydroxylation is 1. The van der Waals surface area contributed by atoms with Crippen molar-refractivity contribution in [2.24, 2.45) is 5.73 Å². The molecule has 0 unspecified atom stereocenters. The lowest BCUT2D eigenvalue weighted by Gasteiger charge is -2.36. The van der Waals surface area contributed by atoms with Crippen LogP contribution in [-0.4, -0.2) is 29.1 Å². The first kappa shape index (κ1) is 13.8. The number of rotatable bonds is 4. The zero-order valence-corrected chi connectivity index (χ0v) is 12.4. The molecule has 4 nitrogen and oxygen atoms in total. The highest BCUT2D eigenvalue weighted by Gasteiger charge is 2.26. The first-order valence-corrected chi connectivity index (χ1v) is 8.19. The highest BCUT2D eigenvalue weighted by Crippen LogP contribution is 2.31. The van der Waals surface area contributed by atoms with Crippen molar-refractivity contribution < 1.29 is 0 Å². The van der Waals surface area contributed by atoms with Gasteiger partial charge in [-0.1, -0.05) is 19.3 Å². The van der Waals surface area contributed by atoms with E-state index in [-0.39, 0.29) is 0 Å². The van der Waals surface area contributed by atoms with E-state index in [0.29, 0.717) is 12.6 Å². The minimum absolute atomic E-state index is 0.633. The molecule has 4 heteroatoms. The first-order valence-electron chi connectivity index (χ1n) is 8.19. The molecule has 1 aromatic rings. The van der Waals surface area contributed by atoms with Crippen molar-refractivity contribution >= 4 is 5.82 Å². The number of nitrogens with two attached hydrogens (primary N) is 1. The maximum Gasteiger partial charge on any atom is 0.135 e. The van der Waals surface area contributed by atoms with Gasteiger partial charge >= 0.3 is 0 Å². The number of anilines is 1. The summed E-state index contributed by atoms with van der Waals surface area (Å²) in [4.78, 5) is 11.6. The van der Waals surface area contributed by atoms with Crippen molar-refractivity contribution in [2.75, 3.05) is 18.0 Å². The van der Waals surface area contributed by atoms with Crippen LogP contribution in [0.1, 0.15) is 56.2 Å². The third-order valence-electron chi connectivity index (χ3n) is 4.76. The zero-order valence-electron chi connectivity index (χ0n) is 12.4. The van der Waals surface area contributed by atoms with Crippen LogP contribution in [-0.2, 0) is 12.8 Å². The van der Waals surface area contributed by atoms with Crippen LogP contribution in [0.25, 0.3) is 0 Å². The van der Waals surface area contributed by atoms with Gasteiger partial charge in [-0.3, -0.25) is 0 Å². The first-order chi connectivity index (χ1) is 9.90. The normalized spacial score (nSPS) is 19.6. The summed E-state index contributed by atoms with van der Waals surface area (Å²) in [5.41, 5.74) is 8.54. The Morgan fingerprint density at radius 1 is 1.05 bits per heavy atom. The van der Waals surface area contributed by atoms with E-state index in [1.54, 1.807) is 6.33 Å². The van der Waals surface area contributed by atoms with Gasteiger partial charge in [0.25, 0.3) is 0 Å². The molecule has 0 amide bonds. The van der Waals surface area contributed by atoms with E-state index in [2.05, 4.69) is 14.9 Å². The summed E-state index contributed by atoms with van der Waals surface area (Å²) in [5.74, 6) is 1.19. The van der Waals surface area contributed by atoms with Crippen molar-refractivity contribution in [3.63, 3.8) is 0 Å². The van der Waals surface area contributed by atoms with Crippen molar-refractivity contribution in [1.82, 2.24) is 9.97 Å². The predicted octanol–water partition coefficient (Wildman–Crippen LogP) is 2.45. The van der Waals surface area contributed by atoms with Gasteiger partial charge in [0.1, 0.15) is 12.1 Å². The largest absolute Gasteiger partial charge is 0.352 e. The van der Waals surface area contributed by atoms with Gasteiger partial charge in [0, 0.05) is 30.4 Å². The zero-order chi connectivity index (χ0) is 13.8. The second-order valence-electron chi connectivity index (χ2n) is 6.10. The van der Waals surface area contributed by atoms with Crippen molar-refractivity contribution in [1.29, 1.82) is 0 Å². The van der Waals surface area contributed by atoms with E-state index < -0.39 is 0 Å². The smallest absolute Gasteiger partial charge is 0.135 e. The Kier molecular flexibility index (Phi) is 4.51. The van der Waals surface area contributed by atoms with Crippen LogP contribution >= 0.6 is 0 Å². The SMILES string of the molecule is NCCN(c1ncnc2c1CCCC2)C1CCCCC1. The molecule has 0 bridgehead atoms. The molecule has 1 heterocycles. The van der Waals surface area contributed by atoms with E-state index in [1.807, 2.05) is 0 Å². The number of fused-ring (bicyclic) bond motifs is 1. The number of nitrogens with zero attached hydrogens (tertiary/aromatic N) is 3. The summed E-state index contributed by atoms with van der Waals surface area (Å²) >= 11 is 0. The maximum absolute atomic E-state index is 5.86. The molecule has 2 N–H and O–H groups in total. The number of hydrogen-bond acceptors (Lipinski definition) is 4. The fraction of sp³-hybridized carbons (Fsp3) is 0.750. The van der Waals surface area contributed by atoms with Crippen LogP contribution in [0.5, 0.6) is 0 Å². The highest BCUT2D eigenvalue weighted by atomic mass is 15.2. The summed E-state index contributed by atoms with van der Waals surface area (Å²) in [6.45, 7) is 1.63. The van der Waals surface area contributed by atoms with Crippen LogP contribution in [0, 0.1) is 0 Å². The number of hydrogen-bond donors (Lipinski definition) is 1. The average Bonchev–Trinajstić information content (AvgIpc) is 2.53. The Bertz CT molecular complexity index is 440. The second kappa shape index (κ2) is 6.53. The summed E-state index contributed by atoms with van der Waals surface area (Å²) in [5, 5.41) is 0. The predicted molar refractivity (Wildman–Crippen MR) is 81.9 cm³/mol. The van der Waals surface area contributed by atoms with Crippen LogP contribution in [0.2, 0.25) is 0 Å². The van der Waals surface area contributed by atoms with Gasteiger partial charge in [0.05, 0.1) is 0 Å². The lowest BCUT2D eigenvalue weighted by Crippen LogP contribution is -2.41. The molecular formula is C16H26N4. The summed E-state index contributed by atoms with van der Waals surface area (Å²) in [6.07, 6.45) is 13.2. The standard InChI is InChI=1S/C16H26N4/c17-10-11-20(13-6-2-1-3-7-13)16-14-8-4-5-9-15(14)18-12-19-16/h12-13H,1-11,17H2. The van der Waals surface area contributed by atoms with Gasteiger partial charge in [0.2, 0.25) is 0 Å². The summed E-state index contributed by atoms with van der Waals surface area (Å²) in [6, 6.07) is 0.633. The fourth-order valence-electron chi connectivity index (χ4n) is 3.74. The monoisotopic (exact) mass is 274 g/mol. The van der Waals surface area contributed by atoms with Crippen LogP contribution < -0.4 is 10.6 Å². The molecule has 0 radical (unpaired) electrons. The van der Waals surface area contributed by atoms with Crippen molar-refractivity contribution in [3.05, 3.63) is 17.6 Å². The molecule has 0 aliphatic heterocycles. The Labute approximate surface area is 121 Å². The van der Waals surface area contributed by atoms with Crippen LogP contribution in [0.4, 0.5) is 5.82 Å². The van der Waals surface area contributed by atoms with Crippen LogP contribution in [0.15, 0.2) is 6.33 Å². The van der Waals surface area contributed by atoms with E-state index in [0.717, 1.165) is 19.4 Å². The van der Waals surface area contributed by atoms with E-state index in [9.17, 15) is 0 Å². The number of aromatic nitrogens is 2. The van der Waals surface area contributed by atoms with Gasteiger partial charge < -0.3 is 10.6 Å². The molecule has 20 heavy (non-hydrogen) atoms. The van der Waals surface area contributed by atoms with Crippen molar-refractivity contribution in [2.45, 2.75) is 63.8 Å². The minimum atomic E-state index is 0.633. The molecule has 2 aliphatic carbocycles. The van der Waals surface area contributed by atoms with Gasteiger partial charge in [-0.05, 0) is 38.5 Å². The maximum atomic E-state index is 5.86. The molecule has 0 atom stereocenters. The lowest BCUT2D eigenvalue weighted by molar-refractivity contribution is 0.412. The third-order valence-corrected chi connectivity index (χ3v) is 4.76. The molecule has 0 saturated heterocycles. The van der Waals surface area contributed by atoms with Gasteiger partial charge in [-0.25, -0.2) is 9.97 Å². The molecule has 1 fully saturated rings. The van der Waals surface area contributed by atoms with Crippen LogP contribution in [0.3, 0.4) is 0 Å². The second-order valence-corrected chi connectivity index (χ2v) is 6.10. The quantitative estimate of drug-likeness (QED) is 0.916. The average molecular weight is 274 g/mol. The highest BCUT2D eigenvalue weighted by molar-refractivity contribution is 5.50. The van der Waals surface area contributed by atoms with Crippen molar-refractivity contribution in [3.8, 4) is 0 Å².